The zero-order valence-corrected chi connectivity index (χ0v) is 21.7. The third-order valence-electron chi connectivity index (χ3n) is 7.13. The van der Waals surface area contributed by atoms with Crippen LogP contribution in [-0.4, -0.2) is 32.7 Å². The maximum Gasteiger partial charge on any atom is 0.343 e. The van der Waals surface area contributed by atoms with Gasteiger partial charge in [0.25, 0.3) is 5.56 Å². The molecule has 0 aliphatic carbocycles. The smallest absolute Gasteiger partial charge is 0.343 e. The molecule has 3 aromatic heterocycles. The number of aromatic nitrogens is 3. The van der Waals surface area contributed by atoms with Gasteiger partial charge >= 0.3 is 11.9 Å². The van der Waals surface area contributed by atoms with E-state index in [1.54, 1.807) is 40.7 Å². The number of para-hydroxylation sites is 1. The van der Waals surface area contributed by atoms with Crippen LogP contribution in [0, 0.1) is 0 Å². The Balaban J connectivity index is 0.00000308. The second kappa shape index (κ2) is 10.0. The van der Waals surface area contributed by atoms with E-state index in [1.807, 2.05) is 42.5 Å². The number of amides is 1. The van der Waals surface area contributed by atoms with E-state index >= 15 is 0 Å². The summed E-state index contributed by atoms with van der Waals surface area (Å²) in [6.07, 6.45) is 5.22. The molecular formula is C28H24ClN5O5. The molecule has 2 aliphatic heterocycles. The van der Waals surface area contributed by atoms with E-state index in [9.17, 15) is 19.5 Å². The van der Waals surface area contributed by atoms with Gasteiger partial charge in [0.1, 0.15) is 6.61 Å². The third-order valence-corrected chi connectivity index (χ3v) is 7.13. The number of hydrazone groups is 1. The lowest BCUT2D eigenvalue weighted by atomic mass is 9.86. The Bertz CT molecular complexity index is 1720. The fourth-order valence-corrected chi connectivity index (χ4v) is 5.12. The van der Waals surface area contributed by atoms with Crippen LogP contribution in [-0.2, 0) is 39.6 Å². The van der Waals surface area contributed by atoms with Crippen LogP contribution in [0.5, 0.6) is 0 Å². The summed E-state index contributed by atoms with van der Waals surface area (Å²) in [7, 11) is 0. The van der Waals surface area contributed by atoms with E-state index in [1.165, 1.54) is 0 Å². The second-order valence-electron chi connectivity index (χ2n) is 9.31. The van der Waals surface area contributed by atoms with Crippen LogP contribution in [0.4, 0.5) is 0 Å². The topological polar surface area (TPSA) is 127 Å². The number of pyridine rings is 3. The first-order valence-electron chi connectivity index (χ1n) is 12.3. The van der Waals surface area contributed by atoms with Gasteiger partial charge in [0.05, 0.1) is 35.2 Å². The number of nitrogens with zero attached hydrogens (tertiary/aromatic N) is 4. The molecule has 0 bridgehead atoms. The lowest BCUT2D eigenvalue weighted by molar-refractivity contribution is -0.684. The fraction of sp³-hybridized carbons (Fsp3) is 0.214. The zero-order valence-electron chi connectivity index (χ0n) is 20.9. The number of cyclic esters (lactones) is 1. The number of esters is 1. The van der Waals surface area contributed by atoms with Crippen molar-refractivity contribution < 1.29 is 36.4 Å². The number of hydrogen-bond acceptors (Lipinski definition) is 7. The lowest BCUT2D eigenvalue weighted by Crippen LogP contribution is -3.00. The molecule has 39 heavy (non-hydrogen) atoms. The predicted octanol–water partition coefficient (Wildman–Crippen LogP) is -1.48. The molecule has 6 rings (SSSR count). The summed E-state index contributed by atoms with van der Waals surface area (Å²) in [5, 5.41) is 16.1. The van der Waals surface area contributed by atoms with Gasteiger partial charge in [0, 0.05) is 34.2 Å². The number of hydrogen-bond donors (Lipinski definition) is 2. The average Bonchev–Trinajstić information content (AvgIpc) is 3.30. The number of ether oxygens (including phenoxy) is 1. The van der Waals surface area contributed by atoms with Gasteiger partial charge in [-0.05, 0) is 18.6 Å². The fourth-order valence-electron chi connectivity index (χ4n) is 5.12. The first kappa shape index (κ1) is 26.2. The molecule has 2 aliphatic rings. The maximum absolute atomic E-state index is 13.5. The van der Waals surface area contributed by atoms with Crippen molar-refractivity contribution in [2.45, 2.75) is 38.6 Å². The minimum atomic E-state index is -1.90. The Morgan fingerprint density at radius 1 is 1.21 bits per heavy atom. The summed E-state index contributed by atoms with van der Waals surface area (Å²) in [4.78, 5) is 43.2. The number of rotatable bonds is 5. The summed E-state index contributed by atoms with van der Waals surface area (Å²) in [5.74, 6) is -1.05. The van der Waals surface area contributed by atoms with Gasteiger partial charge in [-0.1, -0.05) is 31.2 Å². The SMILES string of the molecule is CC[C@@]1(O)C(=O)OCc2c1cc1n(c2=O)Cc2c-1nc1ccccc1c2C=NNC(=O)C[n+]1ccccc1.[Cl-]. The number of benzene rings is 1. The highest BCUT2D eigenvalue weighted by Crippen LogP contribution is 2.39. The molecule has 1 amide bonds. The highest BCUT2D eigenvalue weighted by Gasteiger charge is 2.45. The van der Waals surface area contributed by atoms with Crippen molar-refractivity contribution in [1.82, 2.24) is 15.0 Å². The van der Waals surface area contributed by atoms with Crippen molar-refractivity contribution in [2.24, 2.45) is 5.10 Å². The predicted molar refractivity (Wildman–Crippen MR) is 137 cm³/mol. The molecule has 0 fully saturated rings. The van der Waals surface area contributed by atoms with E-state index in [4.69, 9.17) is 9.72 Å². The summed E-state index contributed by atoms with van der Waals surface area (Å²) in [5.41, 5.74) is 4.09. The largest absolute Gasteiger partial charge is 1.00 e. The van der Waals surface area contributed by atoms with Crippen molar-refractivity contribution in [1.29, 1.82) is 0 Å². The quantitative estimate of drug-likeness (QED) is 0.120. The Kier molecular flexibility index (Phi) is 6.75. The van der Waals surface area contributed by atoms with E-state index in [0.717, 1.165) is 16.5 Å². The minimum absolute atomic E-state index is 0. The van der Waals surface area contributed by atoms with Crippen LogP contribution in [0.3, 0.4) is 0 Å². The molecule has 1 atom stereocenters. The van der Waals surface area contributed by atoms with Crippen LogP contribution in [0.2, 0.25) is 0 Å². The van der Waals surface area contributed by atoms with Gasteiger partial charge in [-0.25, -0.2) is 15.2 Å². The number of carbonyl (C=O) groups excluding carboxylic acids is 2. The van der Waals surface area contributed by atoms with Crippen LogP contribution in [0.15, 0.2) is 70.8 Å². The van der Waals surface area contributed by atoms with E-state index < -0.39 is 11.6 Å². The van der Waals surface area contributed by atoms with Crippen LogP contribution in [0.25, 0.3) is 22.3 Å². The van der Waals surface area contributed by atoms with Gasteiger partial charge < -0.3 is 26.8 Å². The van der Waals surface area contributed by atoms with E-state index in [-0.39, 0.29) is 61.1 Å². The Labute approximate surface area is 229 Å². The highest BCUT2D eigenvalue weighted by atomic mass is 35.5. The summed E-state index contributed by atoms with van der Waals surface area (Å²) < 4.78 is 8.47. The minimum Gasteiger partial charge on any atom is -1.00 e. The van der Waals surface area contributed by atoms with Crippen molar-refractivity contribution >= 4 is 29.0 Å². The molecule has 10 nitrogen and oxygen atoms in total. The first-order valence-corrected chi connectivity index (χ1v) is 12.3. The van der Waals surface area contributed by atoms with Gasteiger partial charge in [0.2, 0.25) is 6.54 Å². The zero-order chi connectivity index (χ0) is 26.4. The van der Waals surface area contributed by atoms with Crippen molar-refractivity contribution in [2.75, 3.05) is 0 Å². The molecule has 0 spiro atoms. The van der Waals surface area contributed by atoms with E-state index in [0.29, 0.717) is 16.9 Å². The summed E-state index contributed by atoms with van der Waals surface area (Å²) >= 11 is 0. The standard InChI is InChI=1S/C28H23N5O5.ClH/c1-2-28(37)21-12-23-25-19(14-33(23)26(35)20(21)16-38-27(28)36)18(17-8-4-5-9-22(17)30-25)13-29-31-24(34)15-32-10-6-3-7-11-32;/h3-13,37H,2,14-16H2,1H3;1H/t28-;/m0./s1. The normalized spacial score (nSPS) is 17.2. The molecule has 5 heterocycles. The Morgan fingerprint density at radius 2 is 1.97 bits per heavy atom. The van der Waals surface area contributed by atoms with Gasteiger partial charge in [-0.3, -0.25) is 9.59 Å². The average molecular weight is 546 g/mol. The second-order valence-corrected chi connectivity index (χ2v) is 9.31. The summed E-state index contributed by atoms with van der Waals surface area (Å²) in [6.45, 7) is 1.81. The monoisotopic (exact) mass is 545 g/mol. The molecule has 198 valence electrons. The molecule has 1 aromatic carbocycles. The van der Waals surface area contributed by atoms with E-state index in [2.05, 4.69) is 10.5 Å². The molecule has 4 aromatic rings. The first-order chi connectivity index (χ1) is 18.4. The number of aliphatic hydroxyl groups is 1. The highest BCUT2D eigenvalue weighted by molar-refractivity contribution is 6.02. The van der Waals surface area contributed by atoms with Gasteiger partial charge in [0.15, 0.2) is 18.0 Å². The maximum atomic E-state index is 13.5. The Hall–Kier alpha value is -4.41. The molecule has 2 N–H and O–H groups in total. The lowest BCUT2D eigenvalue weighted by Gasteiger charge is -2.31. The van der Waals surface area contributed by atoms with Crippen LogP contribution in [0.1, 0.15) is 35.6 Å². The van der Waals surface area contributed by atoms with Crippen molar-refractivity contribution in [3.8, 4) is 11.4 Å². The molecule has 0 saturated carbocycles. The van der Waals surface area contributed by atoms with Gasteiger partial charge in [-0.2, -0.15) is 9.67 Å². The van der Waals surface area contributed by atoms with Crippen molar-refractivity contribution in [3.63, 3.8) is 0 Å². The van der Waals surface area contributed by atoms with Crippen LogP contribution < -0.4 is 28.0 Å². The number of fused-ring (bicyclic) bond motifs is 5. The Morgan fingerprint density at radius 3 is 2.74 bits per heavy atom. The molecule has 11 heteroatoms. The molecular weight excluding hydrogens is 522 g/mol. The molecule has 0 saturated heterocycles. The number of nitrogens with one attached hydrogen (secondary N) is 1. The van der Waals surface area contributed by atoms with Crippen LogP contribution >= 0.6 is 0 Å². The number of halogens is 1. The third kappa shape index (κ3) is 4.27. The number of carbonyl (C=O) groups is 2. The molecule has 0 radical (unpaired) electrons. The van der Waals surface area contributed by atoms with Crippen molar-refractivity contribution in [3.05, 3.63) is 93.5 Å². The van der Waals surface area contributed by atoms with Gasteiger partial charge in [-0.15, -0.1) is 0 Å². The summed E-state index contributed by atoms with van der Waals surface area (Å²) in [6, 6.07) is 14.7. The molecule has 0 unspecified atom stereocenters.